The number of hydrogen-bond donors (Lipinski definition) is 2. The summed E-state index contributed by atoms with van der Waals surface area (Å²) >= 11 is 0.969. The maximum Gasteiger partial charge on any atom is 0.201 e. The van der Waals surface area contributed by atoms with Gasteiger partial charge < -0.3 is 10.2 Å². The van der Waals surface area contributed by atoms with Crippen molar-refractivity contribution in [2.24, 2.45) is 0 Å². The average Bonchev–Trinajstić information content (AvgIpc) is 2.49. The lowest BCUT2D eigenvalue weighted by atomic mass is 9.82. The van der Waals surface area contributed by atoms with E-state index in [0.29, 0.717) is 11.3 Å². The molecular weight excluding hydrogens is 302 g/mol. The van der Waals surface area contributed by atoms with Gasteiger partial charge in [0.25, 0.3) is 0 Å². The van der Waals surface area contributed by atoms with Crippen LogP contribution in [0.5, 0.6) is 11.5 Å². The first-order chi connectivity index (χ1) is 10.5. The highest BCUT2D eigenvalue weighted by atomic mass is 32.2. The molecule has 0 bridgehead atoms. The number of phenols is 2. The second-order valence-corrected chi connectivity index (χ2v) is 5.54. The SMILES string of the molecule is N#CSCc1cc(O)c2c(c1)C(=O)c1cccc(O)c1C2=O. The van der Waals surface area contributed by atoms with Crippen LogP contribution in [0.3, 0.4) is 0 Å². The molecule has 2 N–H and O–H groups in total. The van der Waals surface area contributed by atoms with Crippen LogP contribution in [-0.4, -0.2) is 21.8 Å². The van der Waals surface area contributed by atoms with Crippen molar-refractivity contribution >= 4 is 23.3 Å². The molecule has 0 saturated carbocycles. The Morgan fingerprint density at radius 1 is 1.00 bits per heavy atom. The summed E-state index contributed by atoms with van der Waals surface area (Å²) in [5.41, 5.74) is 0.588. The average molecular weight is 311 g/mol. The molecule has 0 spiro atoms. The molecule has 22 heavy (non-hydrogen) atoms. The van der Waals surface area contributed by atoms with Crippen LogP contribution in [0.1, 0.15) is 37.4 Å². The summed E-state index contributed by atoms with van der Waals surface area (Å²) < 4.78 is 0. The molecule has 2 aromatic rings. The zero-order valence-electron chi connectivity index (χ0n) is 11.2. The van der Waals surface area contributed by atoms with Gasteiger partial charge in [0.2, 0.25) is 5.78 Å². The Morgan fingerprint density at radius 2 is 1.73 bits per heavy atom. The summed E-state index contributed by atoms with van der Waals surface area (Å²) in [6.45, 7) is 0. The van der Waals surface area contributed by atoms with Gasteiger partial charge in [0.05, 0.1) is 11.1 Å². The van der Waals surface area contributed by atoms with E-state index in [0.717, 1.165) is 11.8 Å². The fourth-order valence-electron chi connectivity index (χ4n) is 2.54. The van der Waals surface area contributed by atoms with Gasteiger partial charge in [-0.05, 0) is 35.5 Å². The summed E-state index contributed by atoms with van der Waals surface area (Å²) in [4.78, 5) is 25.0. The van der Waals surface area contributed by atoms with E-state index in [9.17, 15) is 19.8 Å². The normalized spacial score (nSPS) is 12.5. The van der Waals surface area contributed by atoms with Crippen molar-refractivity contribution in [2.45, 2.75) is 5.75 Å². The van der Waals surface area contributed by atoms with Crippen LogP contribution in [0.15, 0.2) is 30.3 Å². The first-order valence-corrected chi connectivity index (χ1v) is 7.31. The Morgan fingerprint density at radius 3 is 2.45 bits per heavy atom. The molecule has 0 saturated heterocycles. The molecule has 1 aliphatic rings. The quantitative estimate of drug-likeness (QED) is 0.706. The van der Waals surface area contributed by atoms with Gasteiger partial charge in [0.15, 0.2) is 5.78 Å². The molecule has 0 aromatic heterocycles. The number of phenolic OH excluding ortho intramolecular Hbond substituents is 2. The van der Waals surface area contributed by atoms with Crippen molar-refractivity contribution in [3.05, 3.63) is 58.1 Å². The third-order valence-electron chi connectivity index (χ3n) is 3.47. The fraction of sp³-hybridized carbons (Fsp3) is 0.0625. The smallest absolute Gasteiger partial charge is 0.201 e. The van der Waals surface area contributed by atoms with Crippen LogP contribution in [-0.2, 0) is 5.75 Å². The molecule has 2 aromatic carbocycles. The molecule has 0 amide bonds. The van der Waals surface area contributed by atoms with Gasteiger partial charge in [-0.2, -0.15) is 5.26 Å². The maximum atomic E-state index is 12.5. The van der Waals surface area contributed by atoms with E-state index in [2.05, 4.69) is 0 Å². The Kier molecular flexibility index (Phi) is 3.35. The molecule has 0 aliphatic heterocycles. The molecule has 0 heterocycles. The number of rotatable bonds is 2. The van der Waals surface area contributed by atoms with Gasteiger partial charge in [-0.3, -0.25) is 9.59 Å². The molecule has 0 fully saturated rings. The standard InChI is InChI=1S/C16H9NO4S/c17-7-22-6-8-4-10-14(12(19)5-8)16(21)13-9(15(10)20)2-1-3-11(13)18/h1-5,18-19H,6H2. The van der Waals surface area contributed by atoms with Crippen molar-refractivity contribution in [3.8, 4) is 16.9 Å². The monoisotopic (exact) mass is 311 g/mol. The van der Waals surface area contributed by atoms with E-state index in [1.165, 1.54) is 30.3 Å². The highest BCUT2D eigenvalue weighted by molar-refractivity contribution is 8.02. The summed E-state index contributed by atoms with van der Waals surface area (Å²) in [5.74, 6) is -1.33. The van der Waals surface area contributed by atoms with Crippen molar-refractivity contribution < 1.29 is 19.8 Å². The summed E-state index contributed by atoms with van der Waals surface area (Å²) in [6.07, 6.45) is 0. The third kappa shape index (κ3) is 2.03. The number of thioether (sulfide) groups is 1. The van der Waals surface area contributed by atoms with Crippen LogP contribution < -0.4 is 0 Å². The van der Waals surface area contributed by atoms with Gasteiger partial charge in [-0.1, -0.05) is 12.1 Å². The molecule has 6 heteroatoms. The number of fused-ring (bicyclic) bond motifs is 2. The highest BCUT2D eigenvalue weighted by Crippen LogP contribution is 2.37. The topological polar surface area (TPSA) is 98.4 Å². The lowest BCUT2D eigenvalue weighted by Crippen LogP contribution is -2.21. The number of ketones is 2. The predicted molar refractivity (Wildman–Crippen MR) is 80.0 cm³/mol. The molecular formula is C16H9NO4S. The van der Waals surface area contributed by atoms with E-state index >= 15 is 0 Å². The van der Waals surface area contributed by atoms with Crippen LogP contribution in [0.25, 0.3) is 0 Å². The number of carbonyl (C=O) groups is 2. The number of thiocyanates is 1. The van der Waals surface area contributed by atoms with Crippen LogP contribution in [0, 0.1) is 10.7 Å². The molecule has 0 unspecified atom stereocenters. The molecule has 5 nitrogen and oxygen atoms in total. The molecule has 108 valence electrons. The van der Waals surface area contributed by atoms with E-state index in [1.807, 2.05) is 5.40 Å². The van der Waals surface area contributed by atoms with Crippen molar-refractivity contribution in [3.63, 3.8) is 0 Å². The number of carbonyl (C=O) groups excluding carboxylic acids is 2. The number of aromatic hydroxyl groups is 2. The maximum absolute atomic E-state index is 12.5. The first-order valence-electron chi connectivity index (χ1n) is 6.32. The Labute approximate surface area is 129 Å². The number of nitrogens with zero attached hydrogens (tertiary/aromatic N) is 1. The molecule has 0 radical (unpaired) electrons. The minimum absolute atomic E-state index is 0.0885. The van der Waals surface area contributed by atoms with Gasteiger partial charge in [0, 0.05) is 16.9 Å². The molecule has 0 atom stereocenters. The van der Waals surface area contributed by atoms with Crippen molar-refractivity contribution in [2.75, 3.05) is 0 Å². The first kappa shape index (κ1) is 14.2. The van der Waals surface area contributed by atoms with Gasteiger partial charge >= 0.3 is 0 Å². The zero-order valence-corrected chi connectivity index (χ0v) is 12.0. The number of nitriles is 1. The second kappa shape index (κ2) is 5.20. The minimum atomic E-state index is -0.584. The van der Waals surface area contributed by atoms with Crippen LogP contribution in [0.4, 0.5) is 0 Å². The Hall–Kier alpha value is -2.78. The van der Waals surface area contributed by atoms with Gasteiger partial charge in [0.1, 0.15) is 16.9 Å². The summed E-state index contributed by atoms with van der Waals surface area (Å²) in [7, 11) is 0. The van der Waals surface area contributed by atoms with E-state index in [1.54, 1.807) is 0 Å². The lowest BCUT2D eigenvalue weighted by molar-refractivity contribution is 0.0974. The predicted octanol–water partition coefficient (Wildman–Crippen LogP) is 2.59. The summed E-state index contributed by atoms with van der Waals surface area (Å²) in [5, 5.41) is 30.4. The Balaban J connectivity index is 2.22. The van der Waals surface area contributed by atoms with Crippen LogP contribution in [0.2, 0.25) is 0 Å². The molecule has 3 rings (SSSR count). The second-order valence-electron chi connectivity index (χ2n) is 4.78. The largest absolute Gasteiger partial charge is 0.507 e. The fourth-order valence-corrected chi connectivity index (χ4v) is 2.94. The van der Waals surface area contributed by atoms with E-state index < -0.39 is 11.6 Å². The number of benzene rings is 2. The lowest BCUT2D eigenvalue weighted by Gasteiger charge is -2.19. The molecule has 1 aliphatic carbocycles. The van der Waals surface area contributed by atoms with Gasteiger partial charge in [-0.15, -0.1) is 0 Å². The third-order valence-corrected chi connectivity index (χ3v) is 4.07. The highest BCUT2D eigenvalue weighted by Gasteiger charge is 2.34. The van der Waals surface area contributed by atoms with Gasteiger partial charge in [-0.25, -0.2) is 0 Å². The van der Waals surface area contributed by atoms with Crippen molar-refractivity contribution in [1.29, 1.82) is 5.26 Å². The van der Waals surface area contributed by atoms with E-state index in [-0.39, 0.29) is 33.8 Å². The Bertz CT molecular complexity index is 867. The van der Waals surface area contributed by atoms with Crippen molar-refractivity contribution in [1.82, 2.24) is 0 Å². The minimum Gasteiger partial charge on any atom is -0.507 e. The number of hydrogen-bond acceptors (Lipinski definition) is 6. The summed E-state index contributed by atoms with van der Waals surface area (Å²) in [6, 6.07) is 7.14. The van der Waals surface area contributed by atoms with E-state index in [4.69, 9.17) is 5.26 Å². The zero-order chi connectivity index (χ0) is 15.9. The van der Waals surface area contributed by atoms with Crippen LogP contribution >= 0.6 is 11.8 Å².